The third-order valence-corrected chi connectivity index (χ3v) is 2.53. The molecule has 2 aromatic heterocycles. The second-order valence-corrected chi connectivity index (χ2v) is 3.96. The van der Waals surface area contributed by atoms with Gasteiger partial charge >= 0.3 is 0 Å². The van der Waals surface area contributed by atoms with Crippen LogP contribution >= 0.6 is 0 Å². The van der Waals surface area contributed by atoms with Crippen LogP contribution < -0.4 is 15.2 Å². The third-order valence-electron chi connectivity index (χ3n) is 2.53. The molecule has 0 unspecified atom stereocenters. The van der Waals surface area contributed by atoms with Gasteiger partial charge in [-0.2, -0.15) is 9.97 Å². The summed E-state index contributed by atoms with van der Waals surface area (Å²) in [5.74, 6) is 1.46. The van der Waals surface area contributed by atoms with Crippen LogP contribution in [-0.2, 0) is 6.42 Å². The number of rotatable bonds is 4. The molecule has 0 aromatic carbocycles. The van der Waals surface area contributed by atoms with E-state index in [0.717, 1.165) is 17.8 Å². The van der Waals surface area contributed by atoms with E-state index in [9.17, 15) is 0 Å². The molecule has 6 heteroatoms. The zero-order valence-electron chi connectivity index (χ0n) is 11.2. The molecule has 6 nitrogen and oxygen atoms in total. The second kappa shape index (κ2) is 5.51. The number of methoxy groups -OCH3 is 1. The SMILES string of the molecule is CCc1nc(C)ccc1Oc1cc(OC)nc(N)n1. The number of anilines is 1. The summed E-state index contributed by atoms with van der Waals surface area (Å²) >= 11 is 0. The number of nitrogens with two attached hydrogens (primary N) is 1. The van der Waals surface area contributed by atoms with Gasteiger partial charge in [0.1, 0.15) is 0 Å². The average Bonchev–Trinajstić information content (AvgIpc) is 2.40. The van der Waals surface area contributed by atoms with Gasteiger partial charge < -0.3 is 15.2 Å². The maximum atomic E-state index is 5.71. The van der Waals surface area contributed by atoms with Crippen LogP contribution in [0.25, 0.3) is 0 Å². The van der Waals surface area contributed by atoms with Crippen LogP contribution in [0.5, 0.6) is 17.5 Å². The Morgan fingerprint density at radius 2 is 1.89 bits per heavy atom. The number of pyridine rings is 1. The minimum atomic E-state index is 0.104. The number of aryl methyl sites for hydroxylation is 2. The number of nitrogens with zero attached hydrogens (tertiary/aromatic N) is 3. The number of nitrogen functional groups attached to an aromatic ring is 1. The lowest BCUT2D eigenvalue weighted by Crippen LogP contribution is -2.01. The molecular weight excluding hydrogens is 244 g/mol. The summed E-state index contributed by atoms with van der Waals surface area (Å²) in [7, 11) is 1.51. The summed E-state index contributed by atoms with van der Waals surface area (Å²) in [5, 5.41) is 0. The van der Waals surface area contributed by atoms with Crippen LogP contribution in [0.15, 0.2) is 18.2 Å². The topological polar surface area (TPSA) is 83.2 Å². The highest BCUT2D eigenvalue weighted by atomic mass is 16.5. The number of hydrogen-bond donors (Lipinski definition) is 1. The lowest BCUT2D eigenvalue weighted by Gasteiger charge is -2.10. The Labute approximate surface area is 111 Å². The molecule has 2 rings (SSSR count). The van der Waals surface area contributed by atoms with Gasteiger partial charge in [-0.3, -0.25) is 4.98 Å². The van der Waals surface area contributed by atoms with Crippen LogP contribution in [0.2, 0.25) is 0 Å². The smallest absolute Gasteiger partial charge is 0.228 e. The van der Waals surface area contributed by atoms with Crippen molar-refractivity contribution < 1.29 is 9.47 Å². The van der Waals surface area contributed by atoms with Crippen molar-refractivity contribution in [2.75, 3.05) is 12.8 Å². The Morgan fingerprint density at radius 3 is 2.58 bits per heavy atom. The van der Waals surface area contributed by atoms with Crippen LogP contribution in [0, 0.1) is 6.92 Å². The number of hydrogen-bond acceptors (Lipinski definition) is 6. The molecule has 0 atom stereocenters. The van der Waals surface area contributed by atoms with Crippen molar-refractivity contribution in [2.24, 2.45) is 0 Å². The molecule has 100 valence electrons. The van der Waals surface area contributed by atoms with Crippen LogP contribution in [0.1, 0.15) is 18.3 Å². The molecule has 0 saturated carbocycles. The van der Waals surface area contributed by atoms with Crippen molar-refractivity contribution in [1.29, 1.82) is 0 Å². The fraction of sp³-hybridized carbons (Fsp3) is 0.308. The maximum absolute atomic E-state index is 5.71. The van der Waals surface area contributed by atoms with E-state index in [1.54, 1.807) is 6.07 Å². The monoisotopic (exact) mass is 260 g/mol. The molecule has 2 N–H and O–H groups in total. The molecule has 0 spiro atoms. The first-order valence-corrected chi connectivity index (χ1v) is 5.95. The van der Waals surface area contributed by atoms with Gasteiger partial charge in [-0.15, -0.1) is 0 Å². The first-order valence-electron chi connectivity index (χ1n) is 5.95. The van der Waals surface area contributed by atoms with Gasteiger partial charge in [0.2, 0.25) is 17.7 Å². The molecule has 0 radical (unpaired) electrons. The van der Waals surface area contributed by atoms with Crippen LogP contribution in [0.3, 0.4) is 0 Å². The zero-order chi connectivity index (χ0) is 13.8. The highest BCUT2D eigenvalue weighted by Crippen LogP contribution is 2.25. The van der Waals surface area contributed by atoms with E-state index in [0.29, 0.717) is 17.5 Å². The van der Waals surface area contributed by atoms with E-state index in [-0.39, 0.29) is 5.95 Å². The Bertz CT molecular complexity index is 587. The molecular formula is C13H16N4O2. The van der Waals surface area contributed by atoms with Gasteiger partial charge in [0, 0.05) is 5.69 Å². The second-order valence-electron chi connectivity index (χ2n) is 3.96. The summed E-state index contributed by atoms with van der Waals surface area (Å²) in [4.78, 5) is 12.3. The van der Waals surface area contributed by atoms with Crippen LogP contribution in [-0.4, -0.2) is 22.1 Å². The van der Waals surface area contributed by atoms with Crippen molar-refractivity contribution in [3.63, 3.8) is 0 Å². The van der Waals surface area contributed by atoms with E-state index in [1.807, 2.05) is 26.0 Å². The highest BCUT2D eigenvalue weighted by Gasteiger charge is 2.09. The first-order chi connectivity index (χ1) is 9.12. The van der Waals surface area contributed by atoms with Gasteiger partial charge in [-0.1, -0.05) is 6.92 Å². The summed E-state index contributed by atoms with van der Waals surface area (Å²) in [6.07, 6.45) is 0.773. The average molecular weight is 260 g/mol. The predicted molar refractivity (Wildman–Crippen MR) is 71.4 cm³/mol. The maximum Gasteiger partial charge on any atom is 0.228 e. The zero-order valence-corrected chi connectivity index (χ0v) is 11.2. The standard InChI is InChI=1S/C13H16N4O2/c1-4-9-10(6-5-8(2)15-9)19-12-7-11(18-3)16-13(14)17-12/h5-7H,4H2,1-3H3,(H2,14,16,17). The van der Waals surface area contributed by atoms with Crippen molar-refractivity contribution >= 4 is 5.95 Å². The Kier molecular flexibility index (Phi) is 3.79. The molecule has 2 aromatic rings. The van der Waals surface area contributed by atoms with Gasteiger partial charge in [0.05, 0.1) is 18.9 Å². The Balaban J connectivity index is 2.33. The minimum absolute atomic E-state index is 0.104. The molecule has 0 bridgehead atoms. The molecule has 0 fully saturated rings. The first kappa shape index (κ1) is 13.1. The minimum Gasteiger partial charge on any atom is -0.481 e. The van der Waals surface area contributed by atoms with Gasteiger partial charge in [-0.05, 0) is 25.5 Å². The predicted octanol–water partition coefficient (Wildman–Crippen LogP) is 2.13. The molecule has 0 aliphatic rings. The van der Waals surface area contributed by atoms with Crippen molar-refractivity contribution in [3.8, 4) is 17.5 Å². The fourth-order valence-electron chi connectivity index (χ4n) is 1.63. The normalized spacial score (nSPS) is 10.3. The van der Waals surface area contributed by atoms with E-state index in [1.165, 1.54) is 7.11 Å². The number of ether oxygens (including phenoxy) is 2. The van der Waals surface area contributed by atoms with Crippen molar-refractivity contribution in [2.45, 2.75) is 20.3 Å². The Morgan fingerprint density at radius 1 is 1.16 bits per heavy atom. The molecule has 2 heterocycles. The van der Waals surface area contributed by atoms with Gasteiger partial charge in [0.15, 0.2) is 5.75 Å². The van der Waals surface area contributed by atoms with Gasteiger partial charge in [0.25, 0.3) is 0 Å². The highest BCUT2D eigenvalue weighted by molar-refractivity contribution is 5.36. The molecule has 0 aliphatic heterocycles. The fourth-order valence-corrected chi connectivity index (χ4v) is 1.63. The summed E-state index contributed by atoms with van der Waals surface area (Å²) in [6, 6.07) is 5.33. The van der Waals surface area contributed by atoms with E-state index >= 15 is 0 Å². The lowest BCUT2D eigenvalue weighted by atomic mass is 10.2. The third kappa shape index (κ3) is 3.09. The van der Waals surface area contributed by atoms with Crippen molar-refractivity contribution in [1.82, 2.24) is 15.0 Å². The quantitative estimate of drug-likeness (QED) is 0.906. The lowest BCUT2D eigenvalue weighted by molar-refractivity contribution is 0.388. The van der Waals surface area contributed by atoms with E-state index in [4.69, 9.17) is 15.2 Å². The molecule has 0 amide bonds. The molecule has 19 heavy (non-hydrogen) atoms. The van der Waals surface area contributed by atoms with E-state index in [2.05, 4.69) is 15.0 Å². The molecule has 0 aliphatic carbocycles. The van der Waals surface area contributed by atoms with Crippen molar-refractivity contribution in [3.05, 3.63) is 29.6 Å². The van der Waals surface area contributed by atoms with E-state index < -0.39 is 0 Å². The number of aromatic nitrogens is 3. The Hall–Kier alpha value is -2.37. The molecule has 0 saturated heterocycles. The summed E-state index contributed by atoms with van der Waals surface area (Å²) in [6.45, 7) is 3.96. The summed E-state index contributed by atoms with van der Waals surface area (Å²) < 4.78 is 10.7. The largest absolute Gasteiger partial charge is 0.481 e. The van der Waals surface area contributed by atoms with Gasteiger partial charge in [-0.25, -0.2) is 0 Å². The van der Waals surface area contributed by atoms with Crippen LogP contribution in [0.4, 0.5) is 5.95 Å². The summed E-state index contributed by atoms with van der Waals surface area (Å²) in [5.41, 5.74) is 7.41.